The van der Waals surface area contributed by atoms with Crippen LogP contribution in [0.15, 0.2) is 12.1 Å². The molecule has 0 radical (unpaired) electrons. The number of nitrogens with zero attached hydrogens (tertiary/aromatic N) is 1. The number of aromatic amines is 1. The summed E-state index contributed by atoms with van der Waals surface area (Å²) in [5, 5.41) is 0. The van der Waals surface area contributed by atoms with Crippen molar-refractivity contribution in [2.45, 2.75) is 31.9 Å². The van der Waals surface area contributed by atoms with Crippen molar-refractivity contribution >= 4 is 11.0 Å². The van der Waals surface area contributed by atoms with Crippen molar-refractivity contribution in [2.24, 2.45) is 5.73 Å². The minimum atomic E-state index is -4.70. The van der Waals surface area contributed by atoms with Crippen LogP contribution in [0, 0.1) is 5.82 Å². The Balaban J connectivity index is 2.21. The maximum absolute atomic E-state index is 13.4. The average molecular weight is 289 g/mol. The standard InChI is InChI=1S/C13H15F4N3/c14-9-7-11-10(6-8(9)13(15,16)17)19-12(20-11)4-2-1-3-5-18/h6-7H,1-5,18H2,(H,19,20). The van der Waals surface area contributed by atoms with Crippen LogP contribution in [0.4, 0.5) is 17.6 Å². The number of nitrogens with two attached hydrogens (primary N) is 1. The lowest BCUT2D eigenvalue weighted by molar-refractivity contribution is -0.139. The van der Waals surface area contributed by atoms with E-state index in [0.29, 0.717) is 18.8 Å². The zero-order valence-electron chi connectivity index (χ0n) is 10.7. The van der Waals surface area contributed by atoms with Crippen molar-refractivity contribution in [3.8, 4) is 0 Å². The smallest absolute Gasteiger partial charge is 0.342 e. The molecular weight excluding hydrogens is 274 g/mol. The Kier molecular flexibility index (Phi) is 4.27. The fraction of sp³-hybridized carbons (Fsp3) is 0.462. The van der Waals surface area contributed by atoms with E-state index in [2.05, 4.69) is 9.97 Å². The van der Waals surface area contributed by atoms with Crippen LogP contribution in [0.1, 0.15) is 30.7 Å². The van der Waals surface area contributed by atoms with E-state index in [-0.39, 0.29) is 11.0 Å². The van der Waals surface area contributed by atoms with E-state index in [1.54, 1.807) is 0 Å². The Labute approximate surface area is 113 Å². The van der Waals surface area contributed by atoms with E-state index < -0.39 is 17.6 Å². The molecule has 0 aliphatic heterocycles. The number of aromatic nitrogens is 2. The van der Waals surface area contributed by atoms with Gasteiger partial charge in [-0.3, -0.25) is 0 Å². The van der Waals surface area contributed by atoms with Crippen molar-refractivity contribution < 1.29 is 17.6 Å². The van der Waals surface area contributed by atoms with Gasteiger partial charge in [0.05, 0.1) is 16.6 Å². The second kappa shape index (κ2) is 5.78. The fourth-order valence-electron chi connectivity index (χ4n) is 2.03. The first-order chi connectivity index (χ1) is 9.41. The van der Waals surface area contributed by atoms with Gasteiger partial charge >= 0.3 is 6.18 Å². The molecule has 0 fully saturated rings. The molecule has 1 aromatic carbocycles. The number of alkyl halides is 3. The summed E-state index contributed by atoms with van der Waals surface area (Å²) in [6, 6.07) is 1.58. The number of fused-ring (bicyclic) bond motifs is 1. The Morgan fingerprint density at radius 3 is 2.55 bits per heavy atom. The molecule has 0 amide bonds. The molecule has 2 rings (SSSR count). The summed E-state index contributed by atoms with van der Waals surface area (Å²) in [6.45, 7) is 0.611. The molecule has 2 aromatic rings. The molecule has 0 saturated carbocycles. The SMILES string of the molecule is NCCCCCc1nc2cc(F)c(C(F)(F)F)cc2[nH]1. The first kappa shape index (κ1) is 14.8. The summed E-state index contributed by atoms with van der Waals surface area (Å²) in [5.74, 6) is -0.734. The van der Waals surface area contributed by atoms with Gasteiger partial charge in [-0.1, -0.05) is 6.42 Å². The summed E-state index contributed by atoms with van der Waals surface area (Å²) in [6.07, 6.45) is -1.43. The molecule has 1 heterocycles. The highest BCUT2D eigenvalue weighted by Gasteiger charge is 2.34. The van der Waals surface area contributed by atoms with Gasteiger partial charge < -0.3 is 10.7 Å². The lowest BCUT2D eigenvalue weighted by atomic mass is 10.2. The van der Waals surface area contributed by atoms with Crippen LogP contribution < -0.4 is 5.73 Å². The molecule has 0 unspecified atom stereocenters. The van der Waals surface area contributed by atoms with Crippen LogP contribution >= 0.6 is 0 Å². The molecule has 0 atom stereocenters. The minimum absolute atomic E-state index is 0.201. The Bertz CT molecular complexity index is 589. The summed E-state index contributed by atoms with van der Waals surface area (Å²) in [5.41, 5.74) is 4.51. The minimum Gasteiger partial charge on any atom is -0.342 e. The summed E-state index contributed by atoms with van der Waals surface area (Å²) < 4.78 is 51.1. The Morgan fingerprint density at radius 1 is 1.15 bits per heavy atom. The monoisotopic (exact) mass is 289 g/mol. The molecule has 0 aliphatic rings. The van der Waals surface area contributed by atoms with Crippen molar-refractivity contribution in [3.63, 3.8) is 0 Å². The summed E-state index contributed by atoms with van der Waals surface area (Å²) in [7, 11) is 0. The van der Waals surface area contributed by atoms with Crippen molar-refractivity contribution in [1.29, 1.82) is 0 Å². The maximum Gasteiger partial charge on any atom is 0.419 e. The highest BCUT2D eigenvalue weighted by atomic mass is 19.4. The van der Waals surface area contributed by atoms with Gasteiger partial charge in [-0.25, -0.2) is 9.37 Å². The topological polar surface area (TPSA) is 54.7 Å². The van der Waals surface area contributed by atoms with Gasteiger partial charge in [-0.05, 0) is 25.5 Å². The van der Waals surface area contributed by atoms with E-state index in [1.807, 2.05) is 0 Å². The second-order valence-corrected chi connectivity index (χ2v) is 4.63. The third-order valence-electron chi connectivity index (χ3n) is 3.04. The van der Waals surface area contributed by atoms with Gasteiger partial charge in [0.25, 0.3) is 0 Å². The molecule has 0 bridgehead atoms. The summed E-state index contributed by atoms with van der Waals surface area (Å²) in [4.78, 5) is 6.90. The predicted molar refractivity (Wildman–Crippen MR) is 67.7 cm³/mol. The van der Waals surface area contributed by atoms with E-state index >= 15 is 0 Å². The fourth-order valence-corrected chi connectivity index (χ4v) is 2.03. The number of aryl methyl sites for hydroxylation is 1. The number of benzene rings is 1. The molecule has 20 heavy (non-hydrogen) atoms. The average Bonchev–Trinajstić information content (AvgIpc) is 2.74. The molecule has 0 saturated heterocycles. The quantitative estimate of drug-likeness (QED) is 0.655. The molecule has 1 aromatic heterocycles. The van der Waals surface area contributed by atoms with E-state index in [1.165, 1.54) is 0 Å². The lowest BCUT2D eigenvalue weighted by Gasteiger charge is -2.06. The van der Waals surface area contributed by atoms with Crippen LogP contribution in [0.5, 0.6) is 0 Å². The van der Waals surface area contributed by atoms with Gasteiger partial charge in [0.1, 0.15) is 11.6 Å². The number of nitrogens with one attached hydrogen (secondary N) is 1. The van der Waals surface area contributed by atoms with Crippen molar-refractivity contribution in [1.82, 2.24) is 9.97 Å². The molecule has 0 spiro atoms. The zero-order chi connectivity index (χ0) is 14.8. The third-order valence-corrected chi connectivity index (χ3v) is 3.04. The van der Waals surface area contributed by atoms with Crippen molar-refractivity contribution in [2.75, 3.05) is 6.54 Å². The number of unbranched alkanes of at least 4 members (excludes halogenated alkanes) is 2. The first-order valence-electron chi connectivity index (χ1n) is 6.37. The molecule has 0 aliphatic carbocycles. The van der Waals surface area contributed by atoms with Crippen LogP contribution in [0.3, 0.4) is 0 Å². The second-order valence-electron chi connectivity index (χ2n) is 4.63. The molecule has 7 heteroatoms. The normalized spacial score (nSPS) is 12.2. The molecule has 3 N–H and O–H groups in total. The first-order valence-corrected chi connectivity index (χ1v) is 6.37. The molecule has 3 nitrogen and oxygen atoms in total. The number of imidazole rings is 1. The van der Waals surface area contributed by atoms with Gasteiger partial charge in [-0.2, -0.15) is 13.2 Å². The van der Waals surface area contributed by atoms with Crippen LogP contribution in [0.25, 0.3) is 11.0 Å². The zero-order valence-corrected chi connectivity index (χ0v) is 10.7. The lowest BCUT2D eigenvalue weighted by Crippen LogP contribution is -2.07. The van der Waals surface area contributed by atoms with Gasteiger partial charge in [0.15, 0.2) is 0 Å². The predicted octanol–water partition coefficient (Wildman–Crippen LogP) is 3.39. The number of hydrogen-bond donors (Lipinski definition) is 2. The van der Waals surface area contributed by atoms with E-state index in [9.17, 15) is 17.6 Å². The third kappa shape index (κ3) is 3.27. The van der Waals surface area contributed by atoms with Gasteiger partial charge in [0, 0.05) is 12.5 Å². The van der Waals surface area contributed by atoms with E-state index in [4.69, 9.17) is 5.73 Å². The van der Waals surface area contributed by atoms with Gasteiger partial charge in [-0.15, -0.1) is 0 Å². The Morgan fingerprint density at radius 2 is 1.90 bits per heavy atom. The van der Waals surface area contributed by atoms with Crippen LogP contribution in [-0.4, -0.2) is 16.5 Å². The van der Waals surface area contributed by atoms with Crippen molar-refractivity contribution in [3.05, 3.63) is 29.3 Å². The summed E-state index contributed by atoms with van der Waals surface area (Å²) >= 11 is 0. The molecular formula is C13H15F4N3. The Hall–Kier alpha value is -1.63. The molecule has 110 valence electrons. The maximum atomic E-state index is 13.4. The van der Waals surface area contributed by atoms with E-state index in [0.717, 1.165) is 31.4 Å². The van der Waals surface area contributed by atoms with Crippen LogP contribution in [-0.2, 0) is 12.6 Å². The number of rotatable bonds is 5. The highest BCUT2D eigenvalue weighted by molar-refractivity contribution is 5.76. The van der Waals surface area contributed by atoms with Gasteiger partial charge in [0.2, 0.25) is 0 Å². The van der Waals surface area contributed by atoms with Crippen LogP contribution in [0.2, 0.25) is 0 Å². The number of H-pyrrole nitrogens is 1. The number of hydrogen-bond acceptors (Lipinski definition) is 2. The number of halogens is 4. The largest absolute Gasteiger partial charge is 0.419 e. The highest BCUT2D eigenvalue weighted by Crippen LogP contribution is 2.33.